The van der Waals surface area contributed by atoms with Gasteiger partial charge in [0.2, 0.25) is 0 Å². The summed E-state index contributed by atoms with van der Waals surface area (Å²) in [6.45, 7) is 2.28. The molecule has 0 bridgehead atoms. The number of allylic oxidation sites excluding steroid dienone is 2. The molecule has 0 radical (unpaired) electrons. The number of nitrogens with zero attached hydrogens (tertiary/aromatic N) is 1. The Bertz CT molecular complexity index is 763. The average molecular weight is 496 g/mol. The van der Waals surface area contributed by atoms with Crippen molar-refractivity contribution in [1.29, 1.82) is 0 Å². The zero-order valence-corrected chi connectivity index (χ0v) is 23.8. The molecule has 35 heavy (non-hydrogen) atoms. The fraction of sp³-hybridized carbons (Fsp3) is 0.607. The summed E-state index contributed by atoms with van der Waals surface area (Å²) >= 11 is 0. The fourth-order valence-electron chi connectivity index (χ4n) is 3.66. The van der Waals surface area contributed by atoms with Crippen LogP contribution in [0.1, 0.15) is 113 Å². The third-order valence-corrected chi connectivity index (χ3v) is 5.64. The molecule has 6 nitrogen and oxygen atoms in total. The molecule has 0 saturated carbocycles. The first kappa shape index (κ1) is 33.4. The van der Waals surface area contributed by atoms with Crippen LogP contribution in [0.4, 0.5) is 0 Å². The van der Waals surface area contributed by atoms with Crippen LogP contribution in [0.15, 0.2) is 41.4 Å². The molecule has 0 aliphatic rings. The first-order chi connectivity index (χ1) is 16.6. The van der Waals surface area contributed by atoms with Crippen LogP contribution in [0.5, 0.6) is 0 Å². The van der Waals surface area contributed by atoms with Gasteiger partial charge in [0.1, 0.15) is 6.61 Å². The van der Waals surface area contributed by atoms with E-state index >= 15 is 0 Å². The molecule has 7 heteroatoms. The van der Waals surface area contributed by atoms with E-state index in [2.05, 4.69) is 24.1 Å². The number of hydrogen-bond donors (Lipinski definition) is 1. The molecule has 0 heterocycles. The summed E-state index contributed by atoms with van der Waals surface area (Å²) in [6, 6.07) is 5.92. The SMILES string of the molecule is CCCCCCCC/C=C\CCCCCCCC(=O)OCCN=C([O-])c1ccccc1C(=O)O.[Na+]. The first-order valence-corrected chi connectivity index (χ1v) is 12.9. The number of rotatable bonds is 20. The van der Waals surface area contributed by atoms with Crippen LogP contribution in [0, 0.1) is 0 Å². The van der Waals surface area contributed by atoms with E-state index < -0.39 is 11.9 Å². The normalized spacial score (nSPS) is 11.4. The molecular formula is C28H42NNaO5. The van der Waals surface area contributed by atoms with Crippen molar-refractivity contribution in [2.75, 3.05) is 13.2 Å². The molecule has 0 aliphatic carbocycles. The van der Waals surface area contributed by atoms with Gasteiger partial charge in [0, 0.05) is 6.42 Å². The Hall–Kier alpha value is -1.63. The topological polar surface area (TPSA) is 99.0 Å². The molecule has 0 unspecified atom stereocenters. The smallest absolute Gasteiger partial charge is 0.858 e. The number of benzene rings is 1. The van der Waals surface area contributed by atoms with E-state index in [9.17, 15) is 14.7 Å². The zero-order chi connectivity index (χ0) is 24.9. The van der Waals surface area contributed by atoms with Gasteiger partial charge in [-0.1, -0.05) is 88.6 Å². The van der Waals surface area contributed by atoms with Gasteiger partial charge < -0.3 is 14.9 Å². The van der Waals surface area contributed by atoms with E-state index in [1.54, 1.807) is 12.1 Å². The number of esters is 1. The van der Waals surface area contributed by atoms with Crippen molar-refractivity contribution in [3.63, 3.8) is 0 Å². The molecule has 0 saturated heterocycles. The summed E-state index contributed by atoms with van der Waals surface area (Å²) in [6.07, 6.45) is 20.7. The minimum Gasteiger partial charge on any atom is -0.858 e. The molecule has 0 amide bonds. The fourth-order valence-corrected chi connectivity index (χ4v) is 3.66. The molecule has 1 N–H and O–H groups in total. The maximum absolute atomic E-state index is 12.1. The van der Waals surface area contributed by atoms with E-state index in [4.69, 9.17) is 9.84 Å². The summed E-state index contributed by atoms with van der Waals surface area (Å²) < 4.78 is 5.11. The maximum Gasteiger partial charge on any atom is 1.00 e. The molecular weight excluding hydrogens is 453 g/mol. The van der Waals surface area contributed by atoms with Gasteiger partial charge in [-0.05, 0) is 49.6 Å². The van der Waals surface area contributed by atoms with Crippen molar-refractivity contribution < 1.29 is 54.1 Å². The third kappa shape index (κ3) is 17.4. The number of aromatic carboxylic acids is 1. The van der Waals surface area contributed by atoms with Crippen LogP contribution in [0.2, 0.25) is 0 Å². The van der Waals surface area contributed by atoms with Crippen LogP contribution in [0.25, 0.3) is 0 Å². The van der Waals surface area contributed by atoms with Gasteiger partial charge in [0.25, 0.3) is 0 Å². The van der Waals surface area contributed by atoms with Gasteiger partial charge in [-0.2, -0.15) is 0 Å². The number of carboxylic acid groups (broad SMARTS) is 1. The second-order valence-electron chi connectivity index (χ2n) is 8.59. The van der Waals surface area contributed by atoms with Gasteiger partial charge >= 0.3 is 41.5 Å². The Morgan fingerprint density at radius 1 is 0.886 bits per heavy atom. The van der Waals surface area contributed by atoms with Crippen molar-refractivity contribution in [1.82, 2.24) is 0 Å². The Kier molecular flexibility index (Phi) is 21.7. The standard InChI is InChI=1S/C28H43NO5.Na/c1-2-3-4-5-6-7-8-9-10-11-12-13-14-15-16-21-26(30)34-23-22-29-27(31)24-19-17-18-20-25(24)28(32)33;/h9-10,17-20H,2-8,11-16,21-23H2,1H3,(H,29,31)(H,32,33);/q;+1/p-1/b10-9-;. The largest absolute Gasteiger partial charge is 1.00 e. The van der Waals surface area contributed by atoms with E-state index in [-0.39, 0.29) is 59.8 Å². The summed E-state index contributed by atoms with van der Waals surface area (Å²) in [7, 11) is 0. The Morgan fingerprint density at radius 3 is 2.03 bits per heavy atom. The van der Waals surface area contributed by atoms with Crippen molar-refractivity contribution in [2.24, 2.45) is 4.99 Å². The summed E-state index contributed by atoms with van der Waals surface area (Å²) in [5.41, 5.74) is -0.0490. The number of carboxylic acids is 1. The van der Waals surface area contributed by atoms with Gasteiger partial charge in [-0.25, -0.2) is 4.79 Å². The molecule has 0 atom stereocenters. The molecule has 1 aromatic carbocycles. The molecule has 0 spiro atoms. The monoisotopic (exact) mass is 495 g/mol. The Labute approximate surface area is 233 Å². The van der Waals surface area contributed by atoms with Crippen LogP contribution in [-0.2, 0) is 9.53 Å². The quantitative estimate of drug-likeness (QED) is 0.0749. The summed E-state index contributed by atoms with van der Waals surface area (Å²) in [5, 5.41) is 21.2. The van der Waals surface area contributed by atoms with Crippen LogP contribution in [0.3, 0.4) is 0 Å². The van der Waals surface area contributed by atoms with E-state index in [1.807, 2.05) is 0 Å². The summed E-state index contributed by atoms with van der Waals surface area (Å²) in [5.74, 6) is -2.08. The number of ether oxygens (including phenoxy) is 1. The molecule has 0 aliphatic heterocycles. The van der Waals surface area contributed by atoms with E-state index in [0.29, 0.717) is 6.42 Å². The van der Waals surface area contributed by atoms with Gasteiger partial charge in [-0.15, -0.1) is 0 Å². The number of carbonyl (C=O) groups is 2. The Morgan fingerprint density at radius 2 is 1.43 bits per heavy atom. The number of aliphatic imine (C=N–C) groups is 1. The van der Waals surface area contributed by atoms with Crippen LogP contribution >= 0.6 is 0 Å². The maximum atomic E-state index is 12.1. The van der Waals surface area contributed by atoms with Crippen molar-refractivity contribution in [3.8, 4) is 0 Å². The third-order valence-electron chi connectivity index (χ3n) is 5.64. The predicted octanol–water partition coefficient (Wildman–Crippen LogP) is 3.08. The number of unbranched alkanes of at least 4 members (excludes halogenated alkanes) is 11. The number of carbonyl (C=O) groups excluding carboxylic acids is 1. The molecule has 0 aromatic heterocycles. The Balaban J connectivity index is 0.0000116. The van der Waals surface area contributed by atoms with E-state index in [1.165, 1.54) is 69.9 Å². The van der Waals surface area contributed by atoms with Crippen molar-refractivity contribution >= 4 is 17.8 Å². The predicted molar refractivity (Wildman–Crippen MR) is 135 cm³/mol. The minimum absolute atomic E-state index is 0. The number of hydrogen-bond acceptors (Lipinski definition) is 5. The van der Waals surface area contributed by atoms with Crippen molar-refractivity contribution in [3.05, 3.63) is 47.5 Å². The second kappa shape index (κ2) is 22.8. The molecule has 0 fully saturated rings. The zero-order valence-electron chi connectivity index (χ0n) is 21.8. The first-order valence-electron chi connectivity index (χ1n) is 12.9. The summed E-state index contributed by atoms with van der Waals surface area (Å²) in [4.78, 5) is 26.8. The van der Waals surface area contributed by atoms with Gasteiger partial charge in [0.15, 0.2) is 0 Å². The van der Waals surface area contributed by atoms with Crippen molar-refractivity contribution in [2.45, 2.75) is 96.8 Å². The molecule has 190 valence electrons. The van der Waals surface area contributed by atoms with Crippen LogP contribution in [-0.4, -0.2) is 36.1 Å². The minimum atomic E-state index is -1.18. The van der Waals surface area contributed by atoms with Gasteiger partial charge in [-0.3, -0.25) is 9.79 Å². The second-order valence-corrected chi connectivity index (χ2v) is 8.59. The van der Waals surface area contributed by atoms with Gasteiger partial charge in [0.05, 0.1) is 12.1 Å². The average Bonchev–Trinajstić information content (AvgIpc) is 2.84. The molecule has 1 rings (SSSR count). The molecule has 1 aromatic rings. The van der Waals surface area contributed by atoms with E-state index in [0.717, 1.165) is 25.7 Å². The van der Waals surface area contributed by atoms with Crippen LogP contribution < -0.4 is 34.7 Å².